The van der Waals surface area contributed by atoms with Gasteiger partial charge in [-0.1, -0.05) is 37.3 Å². The Morgan fingerprint density at radius 3 is 2.69 bits per heavy atom. The van der Waals surface area contributed by atoms with Gasteiger partial charge < -0.3 is 4.90 Å². The topological polar surface area (TPSA) is 38.1 Å². The minimum atomic E-state index is 0.253. The number of hydrogen-bond acceptors (Lipinski definition) is 2. The van der Waals surface area contributed by atoms with Gasteiger partial charge in [0.25, 0.3) is 0 Å². The number of fused-ring (bicyclic) bond motifs is 1. The molecule has 4 nitrogen and oxygen atoms in total. The molecule has 3 aromatic rings. The fourth-order valence-electron chi connectivity index (χ4n) is 3.90. The van der Waals surface area contributed by atoms with Crippen LogP contribution < -0.4 is 0 Å². The molecule has 26 heavy (non-hydrogen) atoms. The Balaban J connectivity index is 1.59. The Bertz CT molecular complexity index is 900. The lowest BCUT2D eigenvalue weighted by molar-refractivity contribution is -0.132. The van der Waals surface area contributed by atoms with Gasteiger partial charge in [0.15, 0.2) is 0 Å². The second-order valence-electron chi connectivity index (χ2n) is 7.27. The van der Waals surface area contributed by atoms with Crippen molar-refractivity contribution in [3.8, 4) is 5.69 Å². The number of benzene rings is 2. The summed E-state index contributed by atoms with van der Waals surface area (Å²) in [7, 11) is 0. The summed E-state index contributed by atoms with van der Waals surface area (Å²) in [5.41, 5.74) is 3.16. The Labute approximate surface area is 154 Å². The normalized spacial score (nSPS) is 17.6. The van der Waals surface area contributed by atoms with Crippen LogP contribution in [0.2, 0.25) is 0 Å². The van der Waals surface area contributed by atoms with E-state index >= 15 is 0 Å². The molecule has 134 valence electrons. The van der Waals surface area contributed by atoms with Crippen molar-refractivity contribution in [2.45, 2.75) is 32.6 Å². The van der Waals surface area contributed by atoms with E-state index in [0.29, 0.717) is 18.8 Å². The monoisotopic (exact) mass is 347 g/mol. The van der Waals surface area contributed by atoms with Crippen LogP contribution in [0.15, 0.2) is 54.6 Å². The third-order valence-electron chi connectivity index (χ3n) is 5.22. The minimum absolute atomic E-state index is 0.253. The number of nitrogens with zero attached hydrogens (tertiary/aromatic N) is 3. The zero-order chi connectivity index (χ0) is 17.9. The van der Waals surface area contributed by atoms with E-state index in [9.17, 15) is 4.79 Å². The third kappa shape index (κ3) is 3.36. The van der Waals surface area contributed by atoms with Crippen molar-refractivity contribution in [2.24, 2.45) is 5.92 Å². The fraction of sp³-hybridized carbons (Fsp3) is 0.364. The first-order valence-electron chi connectivity index (χ1n) is 9.52. The molecule has 1 saturated heterocycles. The Kier molecular flexibility index (Phi) is 4.74. The summed E-state index contributed by atoms with van der Waals surface area (Å²) in [5.74, 6) is 1.82. The highest BCUT2D eigenvalue weighted by molar-refractivity contribution is 5.79. The van der Waals surface area contributed by atoms with Crippen LogP contribution in [-0.2, 0) is 11.2 Å². The van der Waals surface area contributed by atoms with Crippen LogP contribution in [0.5, 0.6) is 0 Å². The molecule has 0 aliphatic carbocycles. The summed E-state index contributed by atoms with van der Waals surface area (Å²) >= 11 is 0. The zero-order valence-corrected chi connectivity index (χ0v) is 15.3. The second kappa shape index (κ2) is 7.32. The van der Waals surface area contributed by atoms with Crippen LogP contribution in [0.4, 0.5) is 0 Å². The Hall–Kier alpha value is -2.62. The Morgan fingerprint density at radius 1 is 1.12 bits per heavy atom. The number of amides is 1. The first kappa shape index (κ1) is 16.8. The zero-order valence-electron chi connectivity index (χ0n) is 15.3. The number of likely N-dealkylation sites (tertiary alicyclic amines) is 1. The molecule has 0 N–H and O–H groups in total. The van der Waals surface area contributed by atoms with Gasteiger partial charge in [0, 0.05) is 31.6 Å². The maximum Gasteiger partial charge on any atom is 0.223 e. The highest BCUT2D eigenvalue weighted by Crippen LogP contribution is 2.23. The predicted molar refractivity (Wildman–Crippen MR) is 104 cm³/mol. The SMILES string of the molecule is CC1CCCN(C(=O)CCc2nc3ccccc3n2-c2ccccc2)C1. The van der Waals surface area contributed by atoms with Crippen molar-refractivity contribution in [2.75, 3.05) is 13.1 Å². The van der Waals surface area contributed by atoms with Gasteiger partial charge in [-0.05, 0) is 43.0 Å². The summed E-state index contributed by atoms with van der Waals surface area (Å²) < 4.78 is 2.18. The summed E-state index contributed by atoms with van der Waals surface area (Å²) in [6, 6.07) is 18.4. The quantitative estimate of drug-likeness (QED) is 0.709. The van der Waals surface area contributed by atoms with Crippen molar-refractivity contribution >= 4 is 16.9 Å². The largest absolute Gasteiger partial charge is 0.342 e. The first-order chi connectivity index (χ1) is 12.7. The van der Waals surface area contributed by atoms with Gasteiger partial charge >= 0.3 is 0 Å². The van der Waals surface area contributed by atoms with Crippen molar-refractivity contribution in [3.63, 3.8) is 0 Å². The van der Waals surface area contributed by atoms with Crippen LogP contribution in [0, 0.1) is 5.92 Å². The summed E-state index contributed by atoms with van der Waals surface area (Å²) in [4.78, 5) is 19.5. The molecule has 1 amide bonds. The molecular formula is C22H25N3O. The van der Waals surface area contributed by atoms with Gasteiger partial charge in [-0.3, -0.25) is 9.36 Å². The predicted octanol–water partition coefficient (Wildman–Crippen LogP) is 4.22. The molecule has 4 heteroatoms. The average Bonchev–Trinajstić information content (AvgIpc) is 3.05. The lowest BCUT2D eigenvalue weighted by Crippen LogP contribution is -2.39. The first-order valence-corrected chi connectivity index (χ1v) is 9.52. The van der Waals surface area contributed by atoms with E-state index in [1.807, 2.05) is 41.3 Å². The van der Waals surface area contributed by atoms with E-state index in [1.165, 1.54) is 6.42 Å². The van der Waals surface area contributed by atoms with Crippen molar-refractivity contribution in [1.29, 1.82) is 0 Å². The number of aryl methyl sites for hydroxylation is 1. The smallest absolute Gasteiger partial charge is 0.223 e. The van der Waals surface area contributed by atoms with E-state index in [1.54, 1.807) is 0 Å². The Morgan fingerprint density at radius 2 is 1.88 bits per heavy atom. The lowest BCUT2D eigenvalue weighted by Gasteiger charge is -2.31. The van der Waals surface area contributed by atoms with Crippen LogP contribution in [0.3, 0.4) is 0 Å². The van der Waals surface area contributed by atoms with Crippen molar-refractivity contribution in [1.82, 2.24) is 14.5 Å². The summed E-state index contributed by atoms with van der Waals surface area (Å²) in [6.45, 7) is 4.03. The van der Waals surface area contributed by atoms with Gasteiger partial charge in [-0.2, -0.15) is 0 Å². The molecule has 1 aromatic heterocycles. The average molecular weight is 347 g/mol. The summed E-state index contributed by atoms with van der Waals surface area (Å²) in [5, 5.41) is 0. The van der Waals surface area contributed by atoms with Crippen molar-refractivity contribution < 1.29 is 4.79 Å². The molecule has 0 saturated carbocycles. The molecule has 0 bridgehead atoms. The minimum Gasteiger partial charge on any atom is -0.342 e. The van der Waals surface area contributed by atoms with E-state index in [2.05, 4.69) is 29.7 Å². The van der Waals surface area contributed by atoms with Crippen LogP contribution in [0.1, 0.15) is 32.0 Å². The number of para-hydroxylation sites is 3. The molecular weight excluding hydrogens is 322 g/mol. The van der Waals surface area contributed by atoms with E-state index in [4.69, 9.17) is 4.98 Å². The van der Waals surface area contributed by atoms with Crippen molar-refractivity contribution in [3.05, 3.63) is 60.4 Å². The van der Waals surface area contributed by atoms with Gasteiger partial charge in [0.1, 0.15) is 5.82 Å². The van der Waals surface area contributed by atoms with Crippen LogP contribution in [-0.4, -0.2) is 33.4 Å². The number of imidazole rings is 1. The molecule has 1 fully saturated rings. The number of aromatic nitrogens is 2. The van der Waals surface area contributed by atoms with E-state index in [-0.39, 0.29) is 5.91 Å². The van der Waals surface area contributed by atoms with Gasteiger partial charge in [-0.25, -0.2) is 4.98 Å². The van der Waals surface area contributed by atoms with E-state index in [0.717, 1.165) is 42.1 Å². The maximum absolute atomic E-state index is 12.7. The second-order valence-corrected chi connectivity index (χ2v) is 7.27. The number of hydrogen-bond donors (Lipinski definition) is 0. The summed E-state index contributed by atoms with van der Waals surface area (Å²) in [6.07, 6.45) is 3.53. The molecule has 0 spiro atoms. The highest BCUT2D eigenvalue weighted by atomic mass is 16.2. The fourth-order valence-corrected chi connectivity index (χ4v) is 3.90. The molecule has 2 aromatic carbocycles. The molecule has 1 unspecified atom stereocenters. The van der Waals surface area contributed by atoms with Gasteiger partial charge in [0.05, 0.1) is 11.0 Å². The standard InChI is InChI=1S/C22H25N3O/c1-17-8-7-15-24(16-17)22(26)14-13-21-23-19-11-5-6-12-20(19)25(21)18-9-3-2-4-10-18/h2-6,9-12,17H,7-8,13-16H2,1H3. The molecule has 1 aliphatic rings. The maximum atomic E-state index is 12.7. The van der Waals surface area contributed by atoms with E-state index < -0.39 is 0 Å². The van der Waals surface area contributed by atoms with Gasteiger partial charge in [-0.15, -0.1) is 0 Å². The molecule has 0 radical (unpaired) electrons. The number of carbonyl (C=O) groups excluding carboxylic acids is 1. The van der Waals surface area contributed by atoms with Crippen LogP contribution >= 0.6 is 0 Å². The molecule has 1 atom stereocenters. The number of rotatable bonds is 4. The molecule has 4 rings (SSSR count). The number of piperidine rings is 1. The van der Waals surface area contributed by atoms with Crippen LogP contribution in [0.25, 0.3) is 16.7 Å². The third-order valence-corrected chi connectivity index (χ3v) is 5.22. The molecule has 1 aliphatic heterocycles. The number of carbonyl (C=O) groups is 1. The highest BCUT2D eigenvalue weighted by Gasteiger charge is 2.21. The van der Waals surface area contributed by atoms with Gasteiger partial charge in [0.2, 0.25) is 5.91 Å². The lowest BCUT2D eigenvalue weighted by atomic mass is 10.00. The molecule has 2 heterocycles.